The molecule has 17 heavy (non-hydrogen) atoms. The Morgan fingerprint density at radius 1 is 1.24 bits per heavy atom. The molecule has 0 aromatic rings. The molecule has 0 bridgehead atoms. The van der Waals surface area contributed by atoms with Crippen molar-refractivity contribution in [2.75, 3.05) is 32.8 Å². The first-order valence-corrected chi connectivity index (χ1v) is 6.51. The second-order valence-corrected chi connectivity index (χ2v) is 5.01. The molecular weight excluding hydrogens is 220 g/mol. The number of aliphatic hydroxyl groups excluding tert-OH is 2. The SMILES string of the molecule is O=C(C1NCC2CCCC21)N(CCO)CCO. The lowest BCUT2D eigenvalue weighted by molar-refractivity contribution is -0.135. The van der Waals surface area contributed by atoms with Gasteiger partial charge in [0.05, 0.1) is 19.3 Å². The molecule has 1 aliphatic carbocycles. The van der Waals surface area contributed by atoms with Crippen LogP contribution in [0.5, 0.6) is 0 Å². The van der Waals surface area contributed by atoms with Gasteiger partial charge < -0.3 is 20.4 Å². The molecule has 0 aromatic carbocycles. The first kappa shape index (κ1) is 12.8. The van der Waals surface area contributed by atoms with Gasteiger partial charge in [0, 0.05) is 13.1 Å². The zero-order valence-electron chi connectivity index (χ0n) is 10.1. The fourth-order valence-electron chi connectivity index (χ4n) is 3.23. The molecule has 5 heteroatoms. The number of nitrogens with one attached hydrogen (secondary N) is 1. The van der Waals surface area contributed by atoms with Gasteiger partial charge in [-0.3, -0.25) is 4.79 Å². The smallest absolute Gasteiger partial charge is 0.240 e. The molecule has 3 unspecified atom stereocenters. The number of aliphatic hydroxyl groups is 2. The second kappa shape index (κ2) is 5.80. The Balaban J connectivity index is 1.97. The molecule has 1 saturated carbocycles. The average Bonchev–Trinajstić information content (AvgIpc) is 2.89. The van der Waals surface area contributed by atoms with Crippen LogP contribution < -0.4 is 5.32 Å². The molecule has 0 spiro atoms. The van der Waals surface area contributed by atoms with Crippen molar-refractivity contribution in [3.63, 3.8) is 0 Å². The maximum atomic E-state index is 12.3. The summed E-state index contributed by atoms with van der Waals surface area (Å²) in [6.07, 6.45) is 3.57. The molecule has 98 valence electrons. The Labute approximate surface area is 102 Å². The molecular formula is C12H22N2O3. The van der Waals surface area contributed by atoms with Crippen LogP contribution in [-0.2, 0) is 4.79 Å². The van der Waals surface area contributed by atoms with Gasteiger partial charge >= 0.3 is 0 Å². The van der Waals surface area contributed by atoms with E-state index >= 15 is 0 Å². The van der Waals surface area contributed by atoms with Crippen LogP contribution >= 0.6 is 0 Å². The van der Waals surface area contributed by atoms with Crippen LogP contribution in [0, 0.1) is 11.8 Å². The van der Waals surface area contributed by atoms with E-state index in [9.17, 15) is 4.79 Å². The lowest BCUT2D eigenvalue weighted by Gasteiger charge is -2.27. The first-order valence-electron chi connectivity index (χ1n) is 6.51. The Kier molecular flexibility index (Phi) is 4.36. The van der Waals surface area contributed by atoms with Crippen LogP contribution in [0.25, 0.3) is 0 Å². The van der Waals surface area contributed by atoms with Gasteiger partial charge in [-0.05, 0) is 31.2 Å². The minimum Gasteiger partial charge on any atom is -0.395 e. The van der Waals surface area contributed by atoms with E-state index < -0.39 is 0 Å². The Morgan fingerprint density at radius 3 is 2.59 bits per heavy atom. The maximum Gasteiger partial charge on any atom is 0.240 e. The lowest BCUT2D eigenvalue weighted by Crippen LogP contribution is -2.48. The number of carbonyl (C=O) groups is 1. The van der Waals surface area contributed by atoms with Gasteiger partial charge in [0.25, 0.3) is 0 Å². The average molecular weight is 242 g/mol. The van der Waals surface area contributed by atoms with Crippen LogP contribution in [-0.4, -0.2) is 59.9 Å². The Morgan fingerprint density at radius 2 is 1.94 bits per heavy atom. The van der Waals surface area contributed by atoms with Gasteiger partial charge in [0.2, 0.25) is 5.91 Å². The predicted molar refractivity (Wildman–Crippen MR) is 63.4 cm³/mol. The second-order valence-electron chi connectivity index (χ2n) is 5.01. The van der Waals surface area contributed by atoms with E-state index in [1.54, 1.807) is 4.90 Å². The molecule has 0 radical (unpaired) electrons. The van der Waals surface area contributed by atoms with Crippen LogP contribution in [0.15, 0.2) is 0 Å². The first-order chi connectivity index (χ1) is 8.27. The van der Waals surface area contributed by atoms with Gasteiger partial charge in [-0.2, -0.15) is 0 Å². The predicted octanol–water partition coefficient (Wildman–Crippen LogP) is -0.812. The molecule has 5 nitrogen and oxygen atoms in total. The zero-order valence-corrected chi connectivity index (χ0v) is 10.1. The summed E-state index contributed by atoms with van der Waals surface area (Å²) < 4.78 is 0. The summed E-state index contributed by atoms with van der Waals surface area (Å²) in [5.41, 5.74) is 0. The molecule has 2 rings (SSSR count). The molecule has 1 aliphatic heterocycles. The fraction of sp³-hybridized carbons (Fsp3) is 0.917. The largest absolute Gasteiger partial charge is 0.395 e. The fourth-order valence-corrected chi connectivity index (χ4v) is 3.23. The summed E-state index contributed by atoms with van der Waals surface area (Å²) in [4.78, 5) is 13.9. The highest BCUT2D eigenvalue weighted by Crippen LogP contribution is 2.38. The number of hydrogen-bond donors (Lipinski definition) is 3. The zero-order chi connectivity index (χ0) is 12.3. The molecule has 0 aromatic heterocycles. The highest BCUT2D eigenvalue weighted by molar-refractivity contribution is 5.82. The van der Waals surface area contributed by atoms with Crippen molar-refractivity contribution in [3.8, 4) is 0 Å². The summed E-state index contributed by atoms with van der Waals surface area (Å²) in [6.45, 7) is 1.47. The number of hydrogen-bond acceptors (Lipinski definition) is 4. The summed E-state index contributed by atoms with van der Waals surface area (Å²) in [6, 6.07) is -0.0967. The number of fused-ring (bicyclic) bond motifs is 1. The molecule has 3 atom stereocenters. The van der Waals surface area contributed by atoms with Crippen molar-refractivity contribution in [2.45, 2.75) is 25.3 Å². The molecule has 2 fully saturated rings. The van der Waals surface area contributed by atoms with E-state index in [0.29, 0.717) is 24.9 Å². The van der Waals surface area contributed by atoms with E-state index in [4.69, 9.17) is 10.2 Å². The minimum atomic E-state index is -0.0967. The van der Waals surface area contributed by atoms with Crippen LogP contribution in [0.3, 0.4) is 0 Å². The van der Waals surface area contributed by atoms with E-state index in [-0.39, 0.29) is 25.2 Å². The van der Waals surface area contributed by atoms with Crippen LogP contribution in [0.1, 0.15) is 19.3 Å². The van der Waals surface area contributed by atoms with Gasteiger partial charge in [-0.1, -0.05) is 6.42 Å². The van der Waals surface area contributed by atoms with E-state index in [2.05, 4.69) is 5.32 Å². The minimum absolute atomic E-state index is 0.0440. The standard InChI is InChI=1S/C12H22N2O3/c15-6-4-14(5-7-16)12(17)11-10-3-1-2-9(10)8-13-11/h9-11,13,15-16H,1-8H2. The van der Waals surface area contributed by atoms with Gasteiger partial charge in [0.1, 0.15) is 0 Å². The summed E-state index contributed by atoms with van der Waals surface area (Å²) in [5.74, 6) is 1.15. The lowest BCUT2D eigenvalue weighted by atomic mass is 9.93. The van der Waals surface area contributed by atoms with E-state index in [1.165, 1.54) is 12.8 Å². The maximum absolute atomic E-state index is 12.3. The Bertz CT molecular complexity index is 266. The molecule has 1 heterocycles. The quantitative estimate of drug-likeness (QED) is 0.589. The van der Waals surface area contributed by atoms with Crippen molar-refractivity contribution < 1.29 is 15.0 Å². The van der Waals surface area contributed by atoms with Crippen LogP contribution in [0.4, 0.5) is 0 Å². The normalized spacial score (nSPS) is 31.5. The molecule has 2 aliphatic rings. The third-order valence-corrected chi connectivity index (χ3v) is 4.06. The van der Waals surface area contributed by atoms with Crippen molar-refractivity contribution in [1.29, 1.82) is 0 Å². The monoisotopic (exact) mass is 242 g/mol. The highest BCUT2D eigenvalue weighted by atomic mass is 16.3. The molecule has 3 N–H and O–H groups in total. The van der Waals surface area contributed by atoms with Gasteiger partial charge in [0.15, 0.2) is 0 Å². The van der Waals surface area contributed by atoms with Gasteiger partial charge in [-0.15, -0.1) is 0 Å². The van der Waals surface area contributed by atoms with E-state index in [1.807, 2.05) is 0 Å². The number of carbonyl (C=O) groups excluding carboxylic acids is 1. The molecule has 1 saturated heterocycles. The number of amides is 1. The number of nitrogens with zero attached hydrogens (tertiary/aromatic N) is 1. The molecule has 1 amide bonds. The third kappa shape index (κ3) is 2.61. The third-order valence-electron chi connectivity index (χ3n) is 4.06. The topological polar surface area (TPSA) is 72.8 Å². The van der Waals surface area contributed by atoms with Crippen molar-refractivity contribution in [3.05, 3.63) is 0 Å². The van der Waals surface area contributed by atoms with E-state index in [0.717, 1.165) is 13.0 Å². The van der Waals surface area contributed by atoms with Crippen molar-refractivity contribution >= 4 is 5.91 Å². The Hall–Kier alpha value is -0.650. The van der Waals surface area contributed by atoms with Crippen LogP contribution in [0.2, 0.25) is 0 Å². The van der Waals surface area contributed by atoms with Gasteiger partial charge in [-0.25, -0.2) is 0 Å². The summed E-state index contributed by atoms with van der Waals surface area (Å²) in [5, 5.41) is 21.2. The number of rotatable bonds is 5. The summed E-state index contributed by atoms with van der Waals surface area (Å²) in [7, 11) is 0. The van der Waals surface area contributed by atoms with Crippen molar-refractivity contribution in [1.82, 2.24) is 10.2 Å². The van der Waals surface area contributed by atoms with Crippen molar-refractivity contribution in [2.24, 2.45) is 11.8 Å². The highest BCUT2D eigenvalue weighted by Gasteiger charge is 2.43. The summed E-state index contributed by atoms with van der Waals surface area (Å²) >= 11 is 0.